The summed E-state index contributed by atoms with van der Waals surface area (Å²) in [6.45, 7) is 6.11. The first-order chi connectivity index (χ1) is 35.2. The third-order valence-electron chi connectivity index (χ3n) is 12.0. The van der Waals surface area contributed by atoms with E-state index in [1.165, 1.54) is 222 Å². The summed E-state index contributed by atoms with van der Waals surface area (Å²) < 4.78 is 12.2. The molecule has 0 spiro atoms. The number of unbranched alkanes of at least 4 members (excludes halogenated alkanes) is 28. The van der Waals surface area contributed by atoms with Gasteiger partial charge in [-0.05, 0) is 49.2 Å². The third kappa shape index (κ3) is 37.8. The van der Waals surface area contributed by atoms with E-state index in [0.29, 0.717) is 11.4 Å². The minimum Gasteiger partial charge on any atom is -0.753 e. The molecule has 0 aliphatic rings. The molecule has 0 aromatic carbocycles. The van der Waals surface area contributed by atoms with E-state index in [9.17, 15) is 9.59 Å². The van der Waals surface area contributed by atoms with E-state index in [-0.39, 0.29) is 30.6 Å². The van der Waals surface area contributed by atoms with Crippen molar-refractivity contribution in [2.75, 3.05) is 13.2 Å². The molecule has 404 valence electrons. The molecule has 0 saturated carbocycles. The van der Waals surface area contributed by atoms with Crippen LogP contribution in [0.25, 0.3) is 33.9 Å². The molecule has 4 aromatic heterocycles. The number of hydrogen-bond acceptors (Lipinski definition) is 10. The Kier molecular flexibility index (Phi) is 46.6. The van der Waals surface area contributed by atoms with Crippen molar-refractivity contribution in [2.24, 2.45) is 0 Å². The average molecular weight is 1130 g/mol. The molecule has 0 aliphatic heterocycles. The summed E-state index contributed by atoms with van der Waals surface area (Å²) >= 11 is 7.63. The van der Waals surface area contributed by atoms with Gasteiger partial charge in [0.05, 0.1) is 47.1 Å². The van der Waals surface area contributed by atoms with Gasteiger partial charge in [-0.25, -0.2) is 9.59 Å². The number of nitrogens with zero attached hydrogens (tertiary/aromatic N) is 5. The molecular weight excluding hydrogens is 1040 g/mol. The fraction of sp³-hybridized carbons (Fsp3) is 0.586. The molecule has 0 aliphatic carbocycles. The van der Waals surface area contributed by atoms with Gasteiger partial charge in [-0.15, -0.1) is 17.7 Å². The van der Waals surface area contributed by atoms with E-state index in [1.807, 2.05) is 36.7 Å². The van der Waals surface area contributed by atoms with Crippen molar-refractivity contribution in [1.29, 1.82) is 0 Å². The Morgan fingerprint density at radius 3 is 0.959 bits per heavy atom. The summed E-state index contributed by atoms with van der Waals surface area (Å²) in [7, 11) is 0. The predicted molar refractivity (Wildman–Crippen MR) is 304 cm³/mol. The fourth-order valence-corrected chi connectivity index (χ4v) is 8.02. The maximum Gasteiger partial charge on any atom is 2.00 e. The van der Waals surface area contributed by atoms with E-state index >= 15 is 0 Å². The van der Waals surface area contributed by atoms with Crippen LogP contribution in [0, 0.1) is 0 Å². The second kappa shape index (κ2) is 49.7. The van der Waals surface area contributed by atoms with Gasteiger partial charge in [0, 0.05) is 36.9 Å². The molecule has 4 rings (SSSR count). The molecule has 73 heavy (non-hydrogen) atoms. The van der Waals surface area contributed by atoms with Crippen LogP contribution in [0.2, 0.25) is 0 Å². The van der Waals surface area contributed by atoms with Gasteiger partial charge in [-0.3, -0.25) is 19.9 Å². The van der Waals surface area contributed by atoms with Crippen LogP contribution in [0.15, 0.2) is 73.3 Å². The molecule has 15 heteroatoms. The second-order valence-electron chi connectivity index (χ2n) is 18.0. The Morgan fingerprint density at radius 2 is 0.712 bits per heavy atom. The van der Waals surface area contributed by atoms with Crippen LogP contribution in [0.4, 0.5) is 0 Å². The van der Waals surface area contributed by atoms with Crippen LogP contribution in [0.5, 0.6) is 11.5 Å². The Labute approximate surface area is 462 Å². The molecule has 4 aromatic rings. The largest absolute Gasteiger partial charge is 2.00 e. The first kappa shape index (κ1) is 68.5. The van der Waals surface area contributed by atoms with Crippen molar-refractivity contribution in [3.63, 3.8) is 0 Å². The number of carbonyl (C=O) groups is 2. The van der Waals surface area contributed by atoms with Gasteiger partial charge in [-0.1, -0.05) is 206 Å². The quantitative estimate of drug-likeness (QED) is 0.0187. The fourth-order valence-electron chi connectivity index (χ4n) is 8.02. The molecule has 0 unspecified atom stereocenters. The number of carboxylic acids is 2. The number of hydrogen-bond donors (Lipinski definition) is 2. The minimum atomic E-state index is -1.08. The summed E-state index contributed by atoms with van der Waals surface area (Å²) in [5.74, 6) is -0.409. The van der Waals surface area contributed by atoms with Crippen molar-refractivity contribution in [3.8, 4) is 34.3 Å². The summed E-state index contributed by atoms with van der Waals surface area (Å²) in [5, 5.41) is 26.2. The topological polar surface area (TPSA) is 191 Å². The summed E-state index contributed by atoms with van der Waals surface area (Å²) in [5.41, 5.74) is 9.18. The van der Waals surface area contributed by atoms with Crippen LogP contribution >= 0.6 is 24.4 Å². The Balaban J connectivity index is 0.00000170. The Hall–Kier alpha value is -4.55. The molecule has 12 nitrogen and oxygen atoms in total. The molecule has 0 fully saturated rings. The summed E-state index contributed by atoms with van der Waals surface area (Å²) in [4.78, 5) is 38.7. The standard InChI is InChI=1S/C44H76N2O2.C12H8N2O4.CH3NS.CNS.Ru/c1-3-5-7-9-11-13-15-17-19-21-23-25-27-29-31-37-47-41-33-35-45-43(39-41)44-40-42(34-36-46-44)48-38-32-30-28-26-24-22-20-18-16-14-12-10-8-6-4-2;15-11(16)7-1-3-13-9(5-7)10-6-8(12(17)18)2-4-14-10;2*2-1-3;/h33-36,39-40H,3-32,37-38H2,1-2H3;1-6H,(H,15,16)(H,17,18);1H,(H2,2,3);;/q;;;-1;+2/p-1. The van der Waals surface area contributed by atoms with E-state index in [0.717, 1.165) is 54.4 Å². The zero-order valence-corrected chi connectivity index (χ0v) is 47.4. The van der Waals surface area contributed by atoms with Gasteiger partial charge in [0.25, 0.3) is 0 Å². The van der Waals surface area contributed by atoms with E-state index in [2.05, 4.69) is 58.2 Å². The molecule has 0 bridgehead atoms. The SMILES string of the molecule is CCCCCCCCCCCCCCCCCOc1ccnc(-c2cc(OCCCCCCCCCCCCCCCCC)ccn2)c1.O=C(O)c1ccnc(-c2cc(C(=O)O)ccn2)c1.[N-]=C=S.[NH-]C=S.[Ru+2]. The number of aromatic carboxylic acids is 2. The molecule has 0 amide bonds. The van der Waals surface area contributed by atoms with Gasteiger partial charge in [0.1, 0.15) is 11.5 Å². The van der Waals surface area contributed by atoms with Gasteiger partial charge in [0.2, 0.25) is 0 Å². The number of isothiocyanates is 1. The van der Waals surface area contributed by atoms with Crippen LogP contribution in [0.3, 0.4) is 0 Å². The first-order valence-corrected chi connectivity index (χ1v) is 27.8. The third-order valence-corrected chi connectivity index (χ3v) is 12.0. The number of rotatable bonds is 38. The smallest absolute Gasteiger partial charge is 0.753 e. The number of thiocarbonyl (C=S) groups is 2. The van der Waals surface area contributed by atoms with Crippen molar-refractivity contribution in [1.82, 2.24) is 19.9 Å². The second-order valence-corrected chi connectivity index (χ2v) is 18.4. The number of ether oxygens (including phenoxy) is 2. The first-order valence-electron chi connectivity index (χ1n) is 26.9. The van der Waals surface area contributed by atoms with E-state index in [4.69, 9.17) is 30.8 Å². The van der Waals surface area contributed by atoms with Crippen molar-refractivity contribution in [2.45, 2.75) is 206 Å². The predicted octanol–water partition coefficient (Wildman–Crippen LogP) is 17.8. The van der Waals surface area contributed by atoms with Gasteiger partial charge in [-0.2, -0.15) is 5.16 Å². The van der Waals surface area contributed by atoms with Crippen molar-refractivity contribution in [3.05, 3.63) is 95.6 Å². The zero-order chi connectivity index (χ0) is 52.5. The zero-order valence-electron chi connectivity index (χ0n) is 44.1. The maximum atomic E-state index is 10.8. The van der Waals surface area contributed by atoms with Gasteiger partial charge >= 0.3 is 31.4 Å². The van der Waals surface area contributed by atoms with Crippen LogP contribution in [-0.2, 0) is 19.5 Å². The number of aromatic nitrogens is 4. The Bertz CT molecular complexity index is 1890. The number of nitrogens with one attached hydrogen (secondary N) is 1. The average Bonchev–Trinajstić information content (AvgIpc) is 3.39. The molecule has 0 atom stereocenters. The molecule has 4 heterocycles. The number of carboxylic acid groups (broad SMARTS) is 2. The van der Waals surface area contributed by atoms with E-state index in [1.54, 1.807) is 0 Å². The van der Waals surface area contributed by atoms with Crippen LogP contribution in [0.1, 0.15) is 227 Å². The molecule has 3 N–H and O–H groups in total. The number of pyridine rings is 4. The van der Waals surface area contributed by atoms with Crippen LogP contribution < -0.4 is 9.47 Å². The monoisotopic (exact) mass is 1130 g/mol. The maximum absolute atomic E-state index is 10.8. The summed E-state index contributed by atoms with van der Waals surface area (Å²) in [6.07, 6.45) is 47.6. The molecule has 0 radical (unpaired) electrons. The Morgan fingerprint density at radius 1 is 0.493 bits per heavy atom. The normalized spacial score (nSPS) is 10.2. The van der Waals surface area contributed by atoms with Crippen molar-refractivity contribution >= 4 is 47.0 Å². The van der Waals surface area contributed by atoms with Crippen LogP contribution in [-0.4, -0.2) is 66.0 Å². The molecule has 0 saturated heterocycles. The van der Waals surface area contributed by atoms with Gasteiger partial charge in [0.15, 0.2) is 0 Å². The van der Waals surface area contributed by atoms with Crippen molar-refractivity contribution < 1.29 is 48.8 Å². The minimum absolute atomic E-state index is 0. The summed E-state index contributed by atoms with van der Waals surface area (Å²) in [6, 6.07) is 13.3. The molecular formula is C58H86N6O6RuS2. The van der Waals surface area contributed by atoms with E-state index < -0.39 is 11.9 Å². The van der Waals surface area contributed by atoms with Gasteiger partial charge < -0.3 is 30.8 Å².